The molecule has 0 atom stereocenters. The predicted molar refractivity (Wildman–Crippen MR) is 111 cm³/mol. The highest BCUT2D eigenvalue weighted by Crippen LogP contribution is 2.15. The second-order valence-electron chi connectivity index (χ2n) is 6.34. The maximum Gasteiger partial charge on any atom is 0.270 e. The third-order valence-electron chi connectivity index (χ3n) is 4.29. The summed E-state index contributed by atoms with van der Waals surface area (Å²) < 4.78 is 0. The molecule has 0 aliphatic carbocycles. The third kappa shape index (κ3) is 5.45. The molecule has 0 heterocycles. The first kappa shape index (κ1) is 20.2. The van der Waals surface area contributed by atoms with Crippen molar-refractivity contribution in [2.45, 2.75) is 13.8 Å². The lowest BCUT2D eigenvalue weighted by Crippen LogP contribution is -2.38. The Kier molecular flexibility index (Phi) is 7.17. The van der Waals surface area contributed by atoms with E-state index < -0.39 is 0 Å². The highest BCUT2D eigenvalue weighted by molar-refractivity contribution is 6.05. The monoisotopic (exact) mass is 365 g/mol. The van der Waals surface area contributed by atoms with Crippen molar-refractivity contribution in [1.29, 1.82) is 0 Å². The topological polar surface area (TPSA) is 52.7 Å². The molecule has 0 aliphatic rings. The molecule has 142 valence electrons. The van der Waals surface area contributed by atoms with Crippen LogP contribution in [0.1, 0.15) is 29.8 Å². The Hall–Kier alpha value is -3.08. The van der Waals surface area contributed by atoms with Crippen LogP contribution in [0, 0.1) is 0 Å². The summed E-state index contributed by atoms with van der Waals surface area (Å²) in [4.78, 5) is 29.1. The van der Waals surface area contributed by atoms with Crippen molar-refractivity contribution in [2.75, 3.05) is 32.1 Å². The molecule has 2 aromatic rings. The molecule has 0 aliphatic heterocycles. The van der Waals surface area contributed by atoms with Crippen LogP contribution in [0.15, 0.2) is 60.3 Å². The molecule has 2 aromatic carbocycles. The lowest BCUT2D eigenvalue weighted by atomic mass is 10.1. The van der Waals surface area contributed by atoms with Gasteiger partial charge in [-0.1, -0.05) is 30.3 Å². The lowest BCUT2D eigenvalue weighted by Gasteiger charge is -2.21. The maximum atomic E-state index is 12.9. The second-order valence-corrected chi connectivity index (χ2v) is 6.34. The summed E-state index contributed by atoms with van der Waals surface area (Å²) in [6.45, 7) is 4.99. The number of carbonyl (C=O) groups is 2. The standard InChI is InChI=1S/C22H27N3O2/c1-5-25(6-2)22(27)20(23-21(26)18-10-8-7-9-11-18)16-17-12-14-19(15-13-17)24(3)4/h7-16H,5-6H2,1-4H3,(H,23,26)/b20-16-. The van der Waals surface area contributed by atoms with Gasteiger partial charge in [-0.25, -0.2) is 0 Å². The number of likely N-dealkylation sites (N-methyl/N-ethyl adjacent to an activating group) is 1. The van der Waals surface area contributed by atoms with Crippen molar-refractivity contribution in [1.82, 2.24) is 10.2 Å². The van der Waals surface area contributed by atoms with E-state index in [0.717, 1.165) is 11.3 Å². The van der Waals surface area contributed by atoms with E-state index in [1.54, 1.807) is 35.2 Å². The molecule has 0 unspecified atom stereocenters. The van der Waals surface area contributed by atoms with Gasteiger partial charge in [0.05, 0.1) is 0 Å². The van der Waals surface area contributed by atoms with Crippen LogP contribution in [-0.2, 0) is 4.79 Å². The van der Waals surface area contributed by atoms with Gasteiger partial charge in [0.2, 0.25) is 0 Å². The molecule has 0 fully saturated rings. The zero-order valence-corrected chi connectivity index (χ0v) is 16.4. The van der Waals surface area contributed by atoms with E-state index in [0.29, 0.717) is 18.7 Å². The molecule has 2 rings (SSSR count). The van der Waals surface area contributed by atoms with Crippen LogP contribution >= 0.6 is 0 Å². The molecule has 0 aromatic heterocycles. The van der Waals surface area contributed by atoms with Crippen LogP contribution in [0.4, 0.5) is 5.69 Å². The van der Waals surface area contributed by atoms with Crippen molar-refractivity contribution in [3.8, 4) is 0 Å². The van der Waals surface area contributed by atoms with Gasteiger partial charge in [-0.2, -0.15) is 0 Å². The van der Waals surface area contributed by atoms with Crippen LogP contribution < -0.4 is 10.2 Å². The molecular formula is C22H27N3O2. The van der Waals surface area contributed by atoms with E-state index in [-0.39, 0.29) is 17.5 Å². The first-order valence-corrected chi connectivity index (χ1v) is 9.11. The smallest absolute Gasteiger partial charge is 0.270 e. The van der Waals surface area contributed by atoms with Crippen molar-refractivity contribution < 1.29 is 9.59 Å². The number of nitrogens with one attached hydrogen (secondary N) is 1. The van der Waals surface area contributed by atoms with Crippen LogP contribution in [-0.4, -0.2) is 43.9 Å². The van der Waals surface area contributed by atoms with E-state index in [4.69, 9.17) is 0 Å². The quantitative estimate of drug-likeness (QED) is 0.765. The van der Waals surface area contributed by atoms with Gasteiger partial charge in [0, 0.05) is 38.4 Å². The van der Waals surface area contributed by atoms with Gasteiger partial charge in [0.25, 0.3) is 11.8 Å². The van der Waals surface area contributed by atoms with E-state index in [1.165, 1.54) is 0 Å². The van der Waals surface area contributed by atoms with Gasteiger partial charge in [-0.3, -0.25) is 9.59 Å². The number of anilines is 1. The highest BCUT2D eigenvalue weighted by Gasteiger charge is 2.18. The van der Waals surface area contributed by atoms with Gasteiger partial charge in [-0.15, -0.1) is 0 Å². The fourth-order valence-electron chi connectivity index (χ4n) is 2.65. The molecule has 0 saturated heterocycles. The normalized spacial score (nSPS) is 11.0. The molecule has 5 heteroatoms. The summed E-state index contributed by atoms with van der Waals surface area (Å²) in [6.07, 6.45) is 1.72. The summed E-state index contributed by atoms with van der Waals surface area (Å²) >= 11 is 0. The van der Waals surface area contributed by atoms with E-state index in [9.17, 15) is 9.59 Å². The Labute approximate surface area is 161 Å². The molecule has 0 bridgehead atoms. The largest absolute Gasteiger partial charge is 0.378 e. The fourth-order valence-corrected chi connectivity index (χ4v) is 2.65. The van der Waals surface area contributed by atoms with Gasteiger partial charge in [0.1, 0.15) is 5.70 Å². The number of benzene rings is 2. The third-order valence-corrected chi connectivity index (χ3v) is 4.29. The Balaban J connectivity index is 2.33. The molecule has 27 heavy (non-hydrogen) atoms. The zero-order valence-electron chi connectivity index (χ0n) is 16.4. The summed E-state index contributed by atoms with van der Waals surface area (Å²) in [5.74, 6) is -0.492. The van der Waals surface area contributed by atoms with E-state index >= 15 is 0 Å². The van der Waals surface area contributed by atoms with Crippen molar-refractivity contribution in [3.63, 3.8) is 0 Å². The van der Waals surface area contributed by atoms with Crippen molar-refractivity contribution >= 4 is 23.6 Å². The Bertz CT molecular complexity index is 792. The number of carbonyl (C=O) groups excluding carboxylic acids is 2. The number of amides is 2. The minimum atomic E-state index is -0.299. The molecule has 5 nitrogen and oxygen atoms in total. The number of nitrogens with zero attached hydrogens (tertiary/aromatic N) is 2. The Morgan fingerprint density at radius 3 is 2.04 bits per heavy atom. The first-order valence-electron chi connectivity index (χ1n) is 9.11. The zero-order chi connectivity index (χ0) is 19.8. The summed E-state index contributed by atoms with van der Waals surface area (Å²) in [5.41, 5.74) is 2.70. The Morgan fingerprint density at radius 1 is 0.926 bits per heavy atom. The Morgan fingerprint density at radius 2 is 1.52 bits per heavy atom. The maximum absolute atomic E-state index is 12.9. The van der Waals surface area contributed by atoms with Crippen molar-refractivity contribution in [3.05, 3.63) is 71.4 Å². The van der Waals surface area contributed by atoms with Crippen LogP contribution in [0.2, 0.25) is 0 Å². The molecule has 0 radical (unpaired) electrons. The first-order chi connectivity index (χ1) is 13.0. The van der Waals surface area contributed by atoms with Crippen molar-refractivity contribution in [2.24, 2.45) is 0 Å². The lowest BCUT2D eigenvalue weighted by molar-refractivity contribution is -0.127. The average molecular weight is 365 g/mol. The van der Waals surface area contributed by atoms with Crippen LogP contribution in [0.5, 0.6) is 0 Å². The molecule has 0 saturated carbocycles. The molecule has 2 amide bonds. The van der Waals surface area contributed by atoms with Gasteiger partial charge in [0.15, 0.2) is 0 Å². The summed E-state index contributed by atoms with van der Waals surface area (Å²) in [5, 5.41) is 2.79. The SMILES string of the molecule is CCN(CC)C(=O)/C(=C/c1ccc(N(C)C)cc1)NC(=O)c1ccccc1. The van der Waals surface area contributed by atoms with Gasteiger partial charge < -0.3 is 15.1 Å². The number of rotatable bonds is 7. The van der Waals surface area contributed by atoms with E-state index in [1.807, 2.05) is 63.2 Å². The summed E-state index contributed by atoms with van der Waals surface area (Å²) in [6, 6.07) is 16.7. The highest BCUT2D eigenvalue weighted by atomic mass is 16.2. The minimum absolute atomic E-state index is 0.194. The average Bonchev–Trinajstić information content (AvgIpc) is 2.69. The molecular weight excluding hydrogens is 338 g/mol. The minimum Gasteiger partial charge on any atom is -0.378 e. The second kappa shape index (κ2) is 9.57. The summed E-state index contributed by atoms with van der Waals surface area (Å²) in [7, 11) is 3.94. The van der Waals surface area contributed by atoms with Gasteiger partial charge >= 0.3 is 0 Å². The molecule has 1 N–H and O–H groups in total. The van der Waals surface area contributed by atoms with Crippen LogP contribution in [0.25, 0.3) is 6.08 Å². The van der Waals surface area contributed by atoms with Crippen LogP contribution in [0.3, 0.4) is 0 Å². The van der Waals surface area contributed by atoms with E-state index in [2.05, 4.69) is 5.32 Å². The predicted octanol–water partition coefficient (Wildman–Crippen LogP) is 3.39. The number of hydrogen-bond donors (Lipinski definition) is 1. The number of hydrogen-bond acceptors (Lipinski definition) is 3. The molecule has 0 spiro atoms. The fraction of sp³-hybridized carbons (Fsp3) is 0.273. The van der Waals surface area contributed by atoms with Gasteiger partial charge in [-0.05, 0) is 49.8 Å².